The molecule has 17 heavy (non-hydrogen) atoms. The van der Waals surface area contributed by atoms with Crippen LogP contribution in [0.25, 0.3) is 0 Å². The number of hydrogen-bond donors (Lipinski definition) is 3. The van der Waals surface area contributed by atoms with E-state index in [1.807, 2.05) is 0 Å². The average molecular weight is 242 g/mol. The van der Waals surface area contributed by atoms with Crippen LogP contribution in [-0.2, 0) is 4.79 Å². The van der Waals surface area contributed by atoms with Crippen molar-refractivity contribution in [1.82, 2.24) is 5.32 Å². The van der Waals surface area contributed by atoms with Crippen LogP contribution in [-0.4, -0.2) is 29.7 Å². The van der Waals surface area contributed by atoms with E-state index < -0.39 is 0 Å². The molecule has 4 N–H and O–H groups in total. The Morgan fingerprint density at radius 1 is 1.53 bits per heavy atom. The summed E-state index contributed by atoms with van der Waals surface area (Å²) in [5, 5.41) is 12.4. The third-order valence-corrected chi connectivity index (χ3v) is 3.53. The second kappa shape index (κ2) is 7.67. The molecule has 1 fully saturated rings. The molecule has 0 bridgehead atoms. The van der Waals surface area contributed by atoms with Crippen LogP contribution in [0.3, 0.4) is 0 Å². The molecule has 0 aliphatic heterocycles. The maximum Gasteiger partial charge on any atom is 0.236 e. The predicted octanol–water partition coefficient (Wildman–Crippen LogP) is 1.17. The van der Waals surface area contributed by atoms with Gasteiger partial charge in [0.05, 0.1) is 12.1 Å². The Kier molecular flexibility index (Phi) is 6.52. The predicted molar refractivity (Wildman–Crippen MR) is 68.5 cm³/mol. The quantitative estimate of drug-likeness (QED) is 0.654. The zero-order valence-electron chi connectivity index (χ0n) is 10.8. The van der Waals surface area contributed by atoms with Crippen LogP contribution in [0.5, 0.6) is 0 Å². The standard InChI is InChI=1S/C13H26N2O2/c1-2-3-7-12(14)13(17)15-9-10-5-4-6-11(16)8-10/h10-12,16H,2-9,14H2,1H3,(H,15,17)/t10?,11?,12-/m0/s1. The van der Waals surface area contributed by atoms with Gasteiger partial charge in [0.25, 0.3) is 0 Å². The zero-order chi connectivity index (χ0) is 12.7. The van der Waals surface area contributed by atoms with Crippen LogP contribution < -0.4 is 11.1 Å². The number of hydrogen-bond acceptors (Lipinski definition) is 3. The second-order valence-corrected chi connectivity index (χ2v) is 5.18. The van der Waals surface area contributed by atoms with Crippen molar-refractivity contribution in [2.45, 2.75) is 64.0 Å². The van der Waals surface area contributed by atoms with Crippen molar-refractivity contribution in [3.05, 3.63) is 0 Å². The highest BCUT2D eigenvalue weighted by molar-refractivity contribution is 5.81. The van der Waals surface area contributed by atoms with Crippen molar-refractivity contribution in [2.75, 3.05) is 6.54 Å². The first-order valence-electron chi connectivity index (χ1n) is 6.84. The van der Waals surface area contributed by atoms with Gasteiger partial charge in [-0.15, -0.1) is 0 Å². The third kappa shape index (κ3) is 5.50. The van der Waals surface area contributed by atoms with Crippen molar-refractivity contribution in [2.24, 2.45) is 11.7 Å². The van der Waals surface area contributed by atoms with Crippen LogP contribution in [0.4, 0.5) is 0 Å². The first-order chi connectivity index (χ1) is 8.13. The Morgan fingerprint density at radius 3 is 2.94 bits per heavy atom. The van der Waals surface area contributed by atoms with E-state index in [9.17, 15) is 9.90 Å². The fourth-order valence-corrected chi connectivity index (χ4v) is 2.38. The van der Waals surface area contributed by atoms with E-state index in [2.05, 4.69) is 12.2 Å². The number of nitrogens with two attached hydrogens (primary N) is 1. The Labute approximate surface area is 104 Å². The van der Waals surface area contributed by atoms with Gasteiger partial charge in [0.15, 0.2) is 0 Å². The minimum Gasteiger partial charge on any atom is -0.393 e. The van der Waals surface area contributed by atoms with Gasteiger partial charge in [0.1, 0.15) is 0 Å². The highest BCUT2D eigenvalue weighted by atomic mass is 16.3. The molecule has 4 nitrogen and oxygen atoms in total. The molecule has 100 valence electrons. The molecular formula is C13H26N2O2. The summed E-state index contributed by atoms with van der Waals surface area (Å²) >= 11 is 0. The van der Waals surface area contributed by atoms with Gasteiger partial charge in [-0.3, -0.25) is 4.79 Å². The second-order valence-electron chi connectivity index (χ2n) is 5.18. The third-order valence-electron chi connectivity index (χ3n) is 3.53. The molecule has 4 heteroatoms. The number of carbonyl (C=O) groups is 1. The number of carbonyl (C=O) groups excluding carboxylic acids is 1. The van der Waals surface area contributed by atoms with Crippen molar-refractivity contribution in [3.63, 3.8) is 0 Å². The lowest BCUT2D eigenvalue weighted by atomic mass is 9.87. The molecule has 1 amide bonds. The number of aliphatic hydroxyl groups is 1. The fraction of sp³-hybridized carbons (Fsp3) is 0.923. The molecule has 1 aliphatic carbocycles. The maximum absolute atomic E-state index is 11.7. The molecule has 0 aromatic carbocycles. The number of nitrogens with one attached hydrogen (secondary N) is 1. The summed E-state index contributed by atoms with van der Waals surface area (Å²) in [6, 6.07) is -0.372. The normalized spacial score (nSPS) is 26.5. The highest BCUT2D eigenvalue weighted by Crippen LogP contribution is 2.23. The fourth-order valence-electron chi connectivity index (χ4n) is 2.38. The lowest BCUT2D eigenvalue weighted by Crippen LogP contribution is -2.43. The van der Waals surface area contributed by atoms with Crippen molar-refractivity contribution in [3.8, 4) is 0 Å². The van der Waals surface area contributed by atoms with Crippen molar-refractivity contribution >= 4 is 5.91 Å². The summed E-state index contributed by atoms with van der Waals surface area (Å²) in [5.74, 6) is 0.375. The minimum atomic E-state index is -0.372. The molecule has 1 rings (SSSR count). The maximum atomic E-state index is 11.7. The summed E-state index contributed by atoms with van der Waals surface area (Å²) in [6.45, 7) is 2.75. The van der Waals surface area contributed by atoms with E-state index in [0.717, 1.165) is 44.9 Å². The monoisotopic (exact) mass is 242 g/mol. The van der Waals surface area contributed by atoms with E-state index in [4.69, 9.17) is 5.73 Å². The Morgan fingerprint density at radius 2 is 2.29 bits per heavy atom. The Hall–Kier alpha value is -0.610. The van der Waals surface area contributed by atoms with Gasteiger partial charge in [-0.05, 0) is 31.6 Å². The average Bonchev–Trinajstić information content (AvgIpc) is 2.33. The molecule has 0 radical (unpaired) electrons. The van der Waals surface area contributed by atoms with Gasteiger partial charge in [0.2, 0.25) is 5.91 Å². The summed E-state index contributed by atoms with van der Waals surface area (Å²) in [4.78, 5) is 11.7. The molecule has 0 aromatic heterocycles. The first-order valence-corrected chi connectivity index (χ1v) is 6.84. The molecule has 2 unspecified atom stereocenters. The van der Waals surface area contributed by atoms with Gasteiger partial charge >= 0.3 is 0 Å². The van der Waals surface area contributed by atoms with Gasteiger partial charge in [-0.1, -0.05) is 26.2 Å². The van der Waals surface area contributed by atoms with Crippen molar-refractivity contribution < 1.29 is 9.90 Å². The van der Waals surface area contributed by atoms with E-state index in [1.54, 1.807) is 0 Å². The molecular weight excluding hydrogens is 216 g/mol. The van der Waals surface area contributed by atoms with Crippen LogP contribution in [0, 0.1) is 5.92 Å². The van der Waals surface area contributed by atoms with E-state index >= 15 is 0 Å². The molecule has 3 atom stereocenters. The largest absolute Gasteiger partial charge is 0.393 e. The first kappa shape index (κ1) is 14.5. The molecule has 1 aliphatic rings. The number of amides is 1. The summed E-state index contributed by atoms with van der Waals surface area (Å²) < 4.78 is 0. The van der Waals surface area contributed by atoms with Crippen LogP contribution in [0.2, 0.25) is 0 Å². The van der Waals surface area contributed by atoms with E-state index in [1.165, 1.54) is 0 Å². The molecule has 1 saturated carbocycles. The number of rotatable bonds is 6. The lowest BCUT2D eigenvalue weighted by molar-refractivity contribution is -0.122. The van der Waals surface area contributed by atoms with Crippen LogP contribution in [0.15, 0.2) is 0 Å². The van der Waals surface area contributed by atoms with E-state index in [0.29, 0.717) is 12.5 Å². The van der Waals surface area contributed by atoms with Gasteiger partial charge in [-0.25, -0.2) is 0 Å². The summed E-state index contributed by atoms with van der Waals surface area (Å²) in [5.41, 5.74) is 5.78. The smallest absolute Gasteiger partial charge is 0.236 e. The van der Waals surface area contributed by atoms with Crippen LogP contribution >= 0.6 is 0 Å². The molecule has 0 heterocycles. The molecule has 0 spiro atoms. The van der Waals surface area contributed by atoms with Gasteiger partial charge in [-0.2, -0.15) is 0 Å². The summed E-state index contributed by atoms with van der Waals surface area (Å²) in [7, 11) is 0. The number of aliphatic hydroxyl groups excluding tert-OH is 1. The Balaban J connectivity index is 2.18. The van der Waals surface area contributed by atoms with Gasteiger partial charge in [0, 0.05) is 6.54 Å². The highest BCUT2D eigenvalue weighted by Gasteiger charge is 2.21. The molecule has 0 aromatic rings. The molecule has 0 saturated heterocycles. The van der Waals surface area contributed by atoms with Gasteiger partial charge < -0.3 is 16.2 Å². The summed E-state index contributed by atoms with van der Waals surface area (Å²) in [6.07, 6.45) is 6.51. The zero-order valence-corrected chi connectivity index (χ0v) is 10.8. The van der Waals surface area contributed by atoms with Crippen molar-refractivity contribution in [1.29, 1.82) is 0 Å². The minimum absolute atomic E-state index is 0.0430. The van der Waals surface area contributed by atoms with E-state index in [-0.39, 0.29) is 18.1 Å². The van der Waals surface area contributed by atoms with Crippen LogP contribution in [0.1, 0.15) is 51.9 Å². The topological polar surface area (TPSA) is 75.4 Å². The number of unbranched alkanes of at least 4 members (excludes halogenated alkanes) is 1. The Bertz CT molecular complexity index is 233. The lowest BCUT2D eigenvalue weighted by Gasteiger charge is -2.26. The SMILES string of the molecule is CCCC[C@H](N)C(=O)NCC1CCCC(O)C1.